The van der Waals surface area contributed by atoms with Crippen molar-refractivity contribution in [1.29, 1.82) is 0 Å². The van der Waals surface area contributed by atoms with Crippen LogP contribution in [0.2, 0.25) is 0 Å². The lowest BCUT2D eigenvalue weighted by Gasteiger charge is -2.18. The van der Waals surface area contributed by atoms with Gasteiger partial charge in [-0.2, -0.15) is 0 Å². The first-order valence-corrected chi connectivity index (χ1v) is 8.09. The first-order chi connectivity index (χ1) is 9.09. The molecule has 2 atom stereocenters. The van der Waals surface area contributed by atoms with E-state index in [4.69, 9.17) is 4.74 Å². The highest BCUT2D eigenvalue weighted by Gasteiger charge is 2.63. The third-order valence-corrected chi connectivity index (χ3v) is 5.42. The summed E-state index contributed by atoms with van der Waals surface area (Å²) in [7, 11) is 0. The van der Waals surface area contributed by atoms with Gasteiger partial charge in [0.25, 0.3) is 0 Å². The third kappa shape index (κ3) is 4.44. The Morgan fingerprint density at radius 1 is 1.10 bits per heavy atom. The summed E-state index contributed by atoms with van der Waals surface area (Å²) in [6.45, 7) is 17.8. The maximum atomic E-state index is 9.94. The lowest BCUT2D eigenvalue weighted by atomic mass is 10.0. The minimum Gasteiger partial charge on any atom is -0.389 e. The maximum Gasteiger partial charge on any atom is 0.0897 e. The van der Waals surface area contributed by atoms with Gasteiger partial charge in [0, 0.05) is 6.54 Å². The second-order valence-electron chi connectivity index (χ2n) is 8.08. The van der Waals surface area contributed by atoms with Crippen LogP contribution < -0.4 is 5.32 Å². The summed E-state index contributed by atoms with van der Waals surface area (Å²) in [5, 5.41) is 13.3. The van der Waals surface area contributed by atoms with E-state index in [1.807, 2.05) is 0 Å². The normalized spacial score (nSPS) is 23.9. The van der Waals surface area contributed by atoms with Gasteiger partial charge in [0.15, 0.2) is 0 Å². The summed E-state index contributed by atoms with van der Waals surface area (Å²) in [6.07, 6.45) is 0.866. The van der Waals surface area contributed by atoms with Crippen molar-refractivity contribution in [3.05, 3.63) is 0 Å². The van der Waals surface area contributed by atoms with Gasteiger partial charge in [0.05, 0.1) is 18.8 Å². The van der Waals surface area contributed by atoms with E-state index in [9.17, 15) is 5.11 Å². The van der Waals surface area contributed by atoms with E-state index in [-0.39, 0.29) is 6.10 Å². The van der Waals surface area contributed by atoms with Gasteiger partial charge >= 0.3 is 0 Å². The summed E-state index contributed by atoms with van der Waals surface area (Å²) in [5.74, 6) is 1.34. The van der Waals surface area contributed by atoms with Gasteiger partial charge in [0.1, 0.15) is 0 Å². The fourth-order valence-electron chi connectivity index (χ4n) is 3.30. The van der Waals surface area contributed by atoms with Gasteiger partial charge in [-0.05, 0) is 42.6 Å². The van der Waals surface area contributed by atoms with Crippen molar-refractivity contribution >= 4 is 0 Å². The fourth-order valence-corrected chi connectivity index (χ4v) is 3.30. The van der Waals surface area contributed by atoms with E-state index >= 15 is 0 Å². The van der Waals surface area contributed by atoms with Gasteiger partial charge in [-0.25, -0.2) is 0 Å². The average Bonchev–Trinajstić information content (AvgIpc) is 2.68. The molecule has 3 heteroatoms. The molecule has 0 saturated heterocycles. The van der Waals surface area contributed by atoms with Crippen molar-refractivity contribution in [3.8, 4) is 0 Å². The van der Waals surface area contributed by atoms with Crippen LogP contribution in [0.1, 0.15) is 54.9 Å². The molecule has 1 fully saturated rings. The van der Waals surface area contributed by atoms with Crippen LogP contribution in [0.15, 0.2) is 0 Å². The van der Waals surface area contributed by atoms with Crippen molar-refractivity contribution in [2.45, 2.75) is 67.1 Å². The Kier molecular flexibility index (Phi) is 6.06. The molecular formula is C17H35NO2. The molecule has 2 N–H and O–H groups in total. The molecule has 0 bridgehead atoms. The van der Waals surface area contributed by atoms with E-state index in [0.29, 0.717) is 35.8 Å². The van der Waals surface area contributed by atoms with E-state index in [1.165, 1.54) is 0 Å². The van der Waals surface area contributed by atoms with E-state index < -0.39 is 6.10 Å². The van der Waals surface area contributed by atoms with Gasteiger partial charge in [-0.1, -0.05) is 41.5 Å². The molecule has 2 unspecified atom stereocenters. The molecule has 1 aliphatic carbocycles. The quantitative estimate of drug-likeness (QED) is 0.684. The van der Waals surface area contributed by atoms with Crippen LogP contribution in [-0.2, 0) is 4.74 Å². The molecule has 1 aliphatic rings. The summed E-state index contributed by atoms with van der Waals surface area (Å²) < 4.78 is 5.68. The van der Waals surface area contributed by atoms with Crippen molar-refractivity contribution in [2.24, 2.45) is 22.7 Å². The lowest BCUT2D eigenvalue weighted by Crippen LogP contribution is -2.33. The molecule has 0 aromatic heterocycles. The second kappa shape index (κ2) is 6.76. The number of nitrogens with one attached hydrogen (secondary N) is 1. The monoisotopic (exact) mass is 285 g/mol. The van der Waals surface area contributed by atoms with Gasteiger partial charge in [-0.3, -0.25) is 0 Å². The Hall–Kier alpha value is -0.120. The number of rotatable bonds is 9. The predicted molar refractivity (Wildman–Crippen MR) is 84.8 cm³/mol. The second-order valence-corrected chi connectivity index (χ2v) is 8.08. The van der Waals surface area contributed by atoms with Crippen molar-refractivity contribution in [3.63, 3.8) is 0 Å². The largest absolute Gasteiger partial charge is 0.389 e. The molecule has 120 valence electrons. The smallest absolute Gasteiger partial charge is 0.0897 e. The highest BCUT2D eigenvalue weighted by Crippen LogP contribution is 2.67. The SMILES string of the molecule is CC(C)CC(C)OCC(O)CNCC1C(C)(C)C1(C)C. The van der Waals surface area contributed by atoms with Crippen LogP contribution in [0, 0.1) is 22.7 Å². The topological polar surface area (TPSA) is 41.5 Å². The number of aliphatic hydroxyl groups is 1. The molecule has 0 aliphatic heterocycles. The molecule has 0 aromatic carbocycles. The molecule has 0 amide bonds. The molecule has 0 radical (unpaired) electrons. The Balaban J connectivity index is 2.11. The summed E-state index contributed by atoms with van der Waals surface area (Å²) in [6, 6.07) is 0. The number of hydrogen-bond donors (Lipinski definition) is 2. The van der Waals surface area contributed by atoms with Crippen LogP contribution in [0.25, 0.3) is 0 Å². The molecule has 0 heterocycles. The number of aliphatic hydroxyl groups excluding tert-OH is 1. The van der Waals surface area contributed by atoms with E-state index in [2.05, 4.69) is 53.8 Å². The minimum atomic E-state index is -0.408. The van der Waals surface area contributed by atoms with Crippen molar-refractivity contribution in [1.82, 2.24) is 5.32 Å². The molecule has 20 heavy (non-hydrogen) atoms. The standard InChI is InChI=1S/C17H35NO2/c1-12(2)8-13(3)20-11-14(19)9-18-10-15-16(4,5)17(15,6)7/h12-15,18-19H,8-11H2,1-7H3. The van der Waals surface area contributed by atoms with Gasteiger partial charge < -0.3 is 15.2 Å². The summed E-state index contributed by atoms with van der Waals surface area (Å²) in [5.41, 5.74) is 0.820. The van der Waals surface area contributed by atoms with Crippen molar-refractivity contribution < 1.29 is 9.84 Å². The van der Waals surface area contributed by atoms with Gasteiger partial charge in [-0.15, -0.1) is 0 Å². The molecular weight excluding hydrogens is 250 g/mol. The number of hydrogen-bond acceptors (Lipinski definition) is 3. The van der Waals surface area contributed by atoms with E-state index in [0.717, 1.165) is 13.0 Å². The van der Waals surface area contributed by atoms with Crippen LogP contribution in [0.5, 0.6) is 0 Å². The zero-order valence-electron chi connectivity index (χ0n) is 14.5. The fraction of sp³-hybridized carbons (Fsp3) is 1.00. The summed E-state index contributed by atoms with van der Waals surface area (Å²) in [4.78, 5) is 0. The lowest BCUT2D eigenvalue weighted by molar-refractivity contribution is -0.00857. The molecule has 0 spiro atoms. The first-order valence-electron chi connectivity index (χ1n) is 8.09. The highest BCUT2D eigenvalue weighted by molar-refractivity contribution is 5.12. The molecule has 0 aromatic rings. The maximum absolute atomic E-state index is 9.94. The Bertz CT molecular complexity index is 285. The molecule has 1 rings (SSSR count). The van der Waals surface area contributed by atoms with Crippen LogP contribution >= 0.6 is 0 Å². The molecule has 1 saturated carbocycles. The first kappa shape index (κ1) is 17.9. The predicted octanol–water partition coefficient (Wildman–Crippen LogP) is 3.07. The average molecular weight is 285 g/mol. The number of ether oxygens (including phenoxy) is 1. The Morgan fingerprint density at radius 3 is 2.10 bits per heavy atom. The Morgan fingerprint density at radius 2 is 1.65 bits per heavy atom. The zero-order chi connectivity index (χ0) is 15.6. The Labute approximate surface area is 125 Å². The minimum absolute atomic E-state index is 0.228. The van der Waals surface area contributed by atoms with Crippen molar-refractivity contribution in [2.75, 3.05) is 19.7 Å². The summed E-state index contributed by atoms with van der Waals surface area (Å²) >= 11 is 0. The van der Waals surface area contributed by atoms with Crippen LogP contribution in [-0.4, -0.2) is 37.0 Å². The van der Waals surface area contributed by atoms with Crippen LogP contribution in [0.3, 0.4) is 0 Å². The third-order valence-electron chi connectivity index (χ3n) is 5.42. The van der Waals surface area contributed by atoms with Crippen LogP contribution in [0.4, 0.5) is 0 Å². The highest BCUT2D eigenvalue weighted by atomic mass is 16.5. The molecule has 3 nitrogen and oxygen atoms in total. The van der Waals surface area contributed by atoms with Gasteiger partial charge in [0.2, 0.25) is 0 Å². The van der Waals surface area contributed by atoms with E-state index in [1.54, 1.807) is 0 Å². The zero-order valence-corrected chi connectivity index (χ0v) is 14.5.